The van der Waals surface area contributed by atoms with Crippen molar-refractivity contribution in [3.8, 4) is 0 Å². The van der Waals surface area contributed by atoms with Gasteiger partial charge in [-0.3, -0.25) is 15.0 Å². The lowest BCUT2D eigenvalue weighted by Crippen LogP contribution is -2.31. The molecule has 1 aromatic carbocycles. The molecule has 3 rings (SSSR count). The quantitative estimate of drug-likeness (QED) is 0.568. The van der Waals surface area contributed by atoms with Gasteiger partial charge < -0.3 is 15.4 Å². The molecule has 9 heteroatoms. The monoisotopic (exact) mass is 381 g/mol. The number of ether oxygens (including phenoxy) is 1. The van der Waals surface area contributed by atoms with Gasteiger partial charge in [0.05, 0.1) is 19.0 Å². The molecular weight excluding hydrogens is 358 g/mol. The number of aromatic nitrogens is 4. The second-order valence-corrected chi connectivity index (χ2v) is 5.97. The van der Waals surface area contributed by atoms with Crippen molar-refractivity contribution in [2.75, 3.05) is 28.7 Å². The van der Waals surface area contributed by atoms with Crippen molar-refractivity contribution in [1.82, 2.24) is 20.2 Å². The predicted octanol–water partition coefficient (Wildman–Crippen LogP) is 3.98. The number of carbonyl (C=O) groups is 1. The molecule has 1 amide bonds. The van der Waals surface area contributed by atoms with E-state index in [0.29, 0.717) is 30.6 Å². The molecule has 0 aliphatic rings. The normalized spacial score (nSPS) is 10.4. The molecule has 28 heavy (non-hydrogen) atoms. The molecule has 2 aromatic heterocycles. The highest BCUT2D eigenvalue weighted by Gasteiger charge is 2.15. The van der Waals surface area contributed by atoms with E-state index in [1.807, 2.05) is 44.2 Å². The number of anilines is 5. The predicted molar refractivity (Wildman–Crippen MR) is 108 cm³/mol. The average molecular weight is 381 g/mol. The second-order valence-electron chi connectivity index (χ2n) is 5.97. The van der Waals surface area contributed by atoms with Crippen molar-refractivity contribution in [3.05, 3.63) is 48.4 Å². The zero-order chi connectivity index (χ0) is 19.9. The third kappa shape index (κ3) is 4.76. The molecule has 0 bridgehead atoms. The molecule has 0 radical (unpaired) electrons. The number of nitrogens with one attached hydrogen (secondary N) is 3. The van der Waals surface area contributed by atoms with Crippen LogP contribution in [-0.4, -0.2) is 39.4 Å². The summed E-state index contributed by atoms with van der Waals surface area (Å²) >= 11 is 0. The number of rotatable bonds is 7. The molecule has 3 N–H and O–H groups in total. The molecule has 0 aliphatic heterocycles. The van der Waals surface area contributed by atoms with Crippen LogP contribution in [0.4, 0.5) is 33.6 Å². The van der Waals surface area contributed by atoms with Gasteiger partial charge >= 0.3 is 6.09 Å². The minimum atomic E-state index is -0.373. The Morgan fingerprint density at radius 2 is 1.93 bits per heavy atom. The summed E-state index contributed by atoms with van der Waals surface area (Å²) in [5.41, 5.74) is 2.46. The Kier molecular flexibility index (Phi) is 6.05. The van der Waals surface area contributed by atoms with Gasteiger partial charge in [0.15, 0.2) is 17.5 Å². The molecule has 0 spiro atoms. The lowest BCUT2D eigenvalue weighted by Gasteiger charge is -2.20. The van der Waals surface area contributed by atoms with Crippen molar-refractivity contribution < 1.29 is 9.53 Å². The van der Waals surface area contributed by atoms with Gasteiger partial charge in [0.2, 0.25) is 0 Å². The molecular formula is C19H23N7O2. The van der Waals surface area contributed by atoms with Gasteiger partial charge in [0.1, 0.15) is 0 Å². The van der Waals surface area contributed by atoms with Crippen LogP contribution < -0.4 is 15.5 Å². The van der Waals surface area contributed by atoms with Crippen molar-refractivity contribution in [3.63, 3.8) is 0 Å². The summed E-state index contributed by atoms with van der Waals surface area (Å²) in [5.74, 6) is 1.79. The molecule has 0 fully saturated rings. The molecule has 9 nitrogen and oxygen atoms in total. The van der Waals surface area contributed by atoms with Crippen LogP contribution in [0.3, 0.4) is 0 Å². The van der Waals surface area contributed by atoms with E-state index in [4.69, 9.17) is 4.74 Å². The number of carbonyl (C=O) groups excluding carboxylic acids is 1. The lowest BCUT2D eigenvalue weighted by molar-refractivity contribution is 0.160. The number of benzene rings is 1. The number of nitrogens with zero attached hydrogens (tertiary/aromatic N) is 4. The Hall–Kier alpha value is -3.62. The van der Waals surface area contributed by atoms with E-state index in [2.05, 4.69) is 30.8 Å². The van der Waals surface area contributed by atoms with Crippen molar-refractivity contribution in [2.24, 2.45) is 0 Å². The fourth-order valence-corrected chi connectivity index (χ4v) is 2.62. The number of aromatic amines is 1. The molecule has 146 valence electrons. The van der Waals surface area contributed by atoms with Crippen molar-refractivity contribution in [1.29, 1.82) is 0 Å². The maximum absolute atomic E-state index is 12.1. The average Bonchev–Trinajstić information content (AvgIpc) is 3.08. The van der Waals surface area contributed by atoms with E-state index >= 15 is 0 Å². The lowest BCUT2D eigenvalue weighted by atomic mass is 10.2. The van der Waals surface area contributed by atoms with E-state index < -0.39 is 0 Å². The van der Waals surface area contributed by atoms with Crippen LogP contribution in [-0.2, 0) is 4.74 Å². The first-order chi connectivity index (χ1) is 13.6. The Morgan fingerprint density at radius 1 is 1.14 bits per heavy atom. The summed E-state index contributed by atoms with van der Waals surface area (Å²) in [5, 5.41) is 13.3. The Bertz CT molecular complexity index is 941. The largest absolute Gasteiger partial charge is 0.449 e. The van der Waals surface area contributed by atoms with Crippen LogP contribution in [0.2, 0.25) is 0 Å². The SMILES string of the molecule is CCOC(=O)N(CC)c1cccc(Nc2cncc(Nc3cc(C)[nH]n3)n2)c1. The van der Waals surface area contributed by atoms with Crippen LogP contribution in [0.15, 0.2) is 42.7 Å². The maximum Gasteiger partial charge on any atom is 0.414 e. The van der Waals surface area contributed by atoms with Gasteiger partial charge in [-0.1, -0.05) is 6.07 Å². The van der Waals surface area contributed by atoms with Crippen molar-refractivity contribution >= 4 is 34.9 Å². The fraction of sp³-hybridized carbons (Fsp3) is 0.263. The summed E-state index contributed by atoms with van der Waals surface area (Å²) in [7, 11) is 0. The van der Waals surface area contributed by atoms with E-state index in [1.165, 1.54) is 0 Å². The topological polar surface area (TPSA) is 108 Å². The van der Waals surface area contributed by atoms with Gasteiger partial charge in [0, 0.05) is 29.7 Å². The number of aryl methyl sites for hydroxylation is 1. The van der Waals surface area contributed by atoms with Crippen molar-refractivity contribution in [2.45, 2.75) is 20.8 Å². The molecule has 0 saturated heterocycles. The number of H-pyrrole nitrogens is 1. The molecule has 0 atom stereocenters. The standard InChI is InChI=1S/C19H23N7O2/c1-4-26(19(27)28-5-2)15-8-6-7-14(10-15)21-17-11-20-12-18(23-17)22-16-9-13(3)24-25-16/h6-12H,4-5H2,1-3H3,(H3,21,22,23,24,25). The van der Waals surface area contributed by atoms with Crippen LogP contribution in [0.1, 0.15) is 19.5 Å². The minimum absolute atomic E-state index is 0.332. The third-order valence-corrected chi connectivity index (χ3v) is 3.83. The van der Waals surface area contributed by atoms with E-state index in [9.17, 15) is 4.79 Å². The van der Waals surface area contributed by atoms with Crippen LogP contribution >= 0.6 is 0 Å². The summed E-state index contributed by atoms with van der Waals surface area (Å²) < 4.78 is 5.11. The maximum atomic E-state index is 12.1. The highest BCUT2D eigenvalue weighted by atomic mass is 16.6. The molecule has 0 aliphatic carbocycles. The summed E-state index contributed by atoms with van der Waals surface area (Å²) in [4.78, 5) is 22.4. The molecule has 3 aromatic rings. The van der Waals surface area contributed by atoms with Gasteiger partial charge in [-0.2, -0.15) is 5.10 Å². The first-order valence-electron chi connectivity index (χ1n) is 9.01. The summed E-state index contributed by atoms with van der Waals surface area (Å²) in [6.45, 7) is 6.44. The highest BCUT2D eigenvalue weighted by molar-refractivity contribution is 5.88. The van der Waals surface area contributed by atoms with E-state index in [0.717, 1.165) is 17.1 Å². The van der Waals surface area contributed by atoms with Crippen LogP contribution in [0.25, 0.3) is 0 Å². The molecule has 2 heterocycles. The Morgan fingerprint density at radius 3 is 2.61 bits per heavy atom. The first kappa shape index (κ1) is 19.2. The van der Waals surface area contributed by atoms with Crippen LogP contribution in [0, 0.1) is 6.92 Å². The zero-order valence-corrected chi connectivity index (χ0v) is 16.1. The highest BCUT2D eigenvalue weighted by Crippen LogP contribution is 2.23. The van der Waals surface area contributed by atoms with Gasteiger partial charge in [-0.05, 0) is 39.0 Å². The third-order valence-electron chi connectivity index (χ3n) is 3.83. The number of amides is 1. The smallest absolute Gasteiger partial charge is 0.414 e. The first-order valence-corrected chi connectivity index (χ1v) is 9.01. The summed E-state index contributed by atoms with van der Waals surface area (Å²) in [6.07, 6.45) is 2.87. The van der Waals surface area contributed by atoms with Crippen LogP contribution in [0.5, 0.6) is 0 Å². The van der Waals surface area contributed by atoms with E-state index in [-0.39, 0.29) is 6.09 Å². The summed E-state index contributed by atoms with van der Waals surface area (Å²) in [6, 6.07) is 9.34. The Labute approximate surface area is 163 Å². The second kappa shape index (κ2) is 8.85. The van der Waals surface area contributed by atoms with Gasteiger partial charge in [-0.15, -0.1) is 0 Å². The molecule has 0 unspecified atom stereocenters. The zero-order valence-electron chi connectivity index (χ0n) is 16.1. The van der Waals surface area contributed by atoms with Gasteiger partial charge in [-0.25, -0.2) is 9.78 Å². The molecule has 0 saturated carbocycles. The van der Waals surface area contributed by atoms with E-state index in [1.54, 1.807) is 24.2 Å². The number of hydrogen-bond donors (Lipinski definition) is 3. The number of hydrogen-bond acceptors (Lipinski definition) is 7. The van der Waals surface area contributed by atoms with Gasteiger partial charge in [0.25, 0.3) is 0 Å². The fourth-order valence-electron chi connectivity index (χ4n) is 2.62. The Balaban J connectivity index is 1.75. The minimum Gasteiger partial charge on any atom is -0.449 e.